The third kappa shape index (κ3) is 2.52. The van der Waals surface area contributed by atoms with Gasteiger partial charge in [0.15, 0.2) is 5.78 Å². The van der Waals surface area contributed by atoms with Gasteiger partial charge in [0, 0.05) is 18.7 Å². The summed E-state index contributed by atoms with van der Waals surface area (Å²) < 4.78 is 27.3. The summed E-state index contributed by atoms with van der Waals surface area (Å²) in [7, 11) is 1.64. The maximum absolute atomic E-state index is 12.9. The molecule has 17 heavy (non-hydrogen) atoms. The van der Waals surface area contributed by atoms with Crippen molar-refractivity contribution in [2.45, 2.75) is 6.42 Å². The van der Waals surface area contributed by atoms with Crippen LogP contribution in [0, 0.1) is 11.6 Å². The molecule has 0 bridgehead atoms. The Bertz CT molecular complexity index is 545. The van der Waals surface area contributed by atoms with Gasteiger partial charge < -0.3 is 0 Å². The van der Waals surface area contributed by atoms with Crippen LogP contribution in [0.1, 0.15) is 16.2 Å². The average Bonchev–Trinajstić information content (AvgIpc) is 2.63. The molecule has 1 aromatic carbocycles. The number of rotatable bonds is 3. The molecular weight excluding hydrogens is 228 g/mol. The molecule has 4 nitrogen and oxygen atoms in total. The number of hydrogen-bond acceptors (Lipinski definition) is 3. The molecule has 0 radical (unpaired) electrons. The van der Waals surface area contributed by atoms with Gasteiger partial charge in [-0.05, 0) is 12.1 Å². The molecule has 0 atom stereocenters. The molecule has 6 heteroatoms. The number of nitrogens with zero attached hydrogens (tertiary/aromatic N) is 3. The molecule has 2 rings (SSSR count). The molecule has 0 fully saturated rings. The fourth-order valence-electron chi connectivity index (χ4n) is 1.44. The molecule has 88 valence electrons. The third-order valence-corrected chi connectivity index (χ3v) is 2.31. The van der Waals surface area contributed by atoms with E-state index < -0.39 is 17.4 Å². The van der Waals surface area contributed by atoms with Gasteiger partial charge in [-0.1, -0.05) is 0 Å². The third-order valence-electron chi connectivity index (χ3n) is 2.31. The number of halogens is 2. The van der Waals surface area contributed by atoms with E-state index >= 15 is 0 Å². The number of carbonyl (C=O) groups is 1. The van der Waals surface area contributed by atoms with Gasteiger partial charge in [0.1, 0.15) is 23.8 Å². The Labute approximate surface area is 95.9 Å². The van der Waals surface area contributed by atoms with Crippen molar-refractivity contribution < 1.29 is 13.6 Å². The van der Waals surface area contributed by atoms with Crippen LogP contribution in [-0.4, -0.2) is 20.5 Å². The molecular formula is C11H9F2N3O. The molecule has 0 saturated carbocycles. The van der Waals surface area contributed by atoms with Crippen LogP contribution in [-0.2, 0) is 13.5 Å². The first kappa shape index (κ1) is 11.4. The molecule has 0 aliphatic rings. The molecule has 1 aromatic heterocycles. The van der Waals surface area contributed by atoms with Crippen molar-refractivity contribution in [1.29, 1.82) is 0 Å². The second-order valence-corrected chi connectivity index (χ2v) is 3.56. The topological polar surface area (TPSA) is 47.8 Å². The minimum Gasteiger partial charge on any atom is -0.294 e. The summed E-state index contributed by atoms with van der Waals surface area (Å²) in [6.45, 7) is 0. The van der Waals surface area contributed by atoms with Gasteiger partial charge >= 0.3 is 0 Å². The molecule has 0 spiro atoms. The Morgan fingerprint density at radius 1 is 1.29 bits per heavy atom. The van der Waals surface area contributed by atoms with Crippen LogP contribution in [0.25, 0.3) is 0 Å². The highest BCUT2D eigenvalue weighted by molar-refractivity contribution is 5.97. The smallest absolute Gasteiger partial charge is 0.170 e. The lowest BCUT2D eigenvalue weighted by Gasteiger charge is -2.01. The second-order valence-electron chi connectivity index (χ2n) is 3.56. The molecule has 1 heterocycles. The number of ketones is 1. The van der Waals surface area contributed by atoms with Crippen molar-refractivity contribution >= 4 is 5.78 Å². The lowest BCUT2D eigenvalue weighted by atomic mass is 10.1. The highest BCUT2D eigenvalue weighted by atomic mass is 19.1. The fraction of sp³-hybridized carbons (Fsp3) is 0.182. The van der Waals surface area contributed by atoms with Crippen molar-refractivity contribution in [1.82, 2.24) is 14.8 Å². The molecule has 2 aromatic rings. The van der Waals surface area contributed by atoms with E-state index in [0.717, 1.165) is 18.2 Å². The summed E-state index contributed by atoms with van der Waals surface area (Å²) in [5.41, 5.74) is -0.00880. The molecule has 0 saturated heterocycles. The highest BCUT2D eigenvalue weighted by Gasteiger charge is 2.12. The zero-order chi connectivity index (χ0) is 12.4. The van der Waals surface area contributed by atoms with Crippen LogP contribution < -0.4 is 0 Å². The molecule has 0 unspecified atom stereocenters. The Kier molecular flexibility index (Phi) is 2.95. The molecule has 0 aliphatic carbocycles. The van der Waals surface area contributed by atoms with Crippen LogP contribution in [0.2, 0.25) is 0 Å². The Balaban J connectivity index is 2.23. The average molecular weight is 237 g/mol. The first-order valence-electron chi connectivity index (χ1n) is 4.88. The second kappa shape index (κ2) is 4.40. The van der Waals surface area contributed by atoms with Gasteiger partial charge in [0.2, 0.25) is 0 Å². The van der Waals surface area contributed by atoms with E-state index in [4.69, 9.17) is 0 Å². The zero-order valence-corrected chi connectivity index (χ0v) is 9.02. The first-order chi connectivity index (χ1) is 8.06. The van der Waals surface area contributed by atoms with Crippen LogP contribution in [0.5, 0.6) is 0 Å². The van der Waals surface area contributed by atoms with E-state index in [1.54, 1.807) is 7.05 Å². The van der Waals surface area contributed by atoms with Crippen molar-refractivity contribution in [3.8, 4) is 0 Å². The highest BCUT2D eigenvalue weighted by Crippen LogP contribution is 2.10. The maximum atomic E-state index is 12.9. The van der Waals surface area contributed by atoms with Gasteiger partial charge in [0.05, 0.1) is 6.42 Å². The quantitative estimate of drug-likeness (QED) is 0.760. The first-order valence-corrected chi connectivity index (χ1v) is 4.88. The SMILES string of the molecule is Cn1ncnc1CC(=O)c1cc(F)cc(F)c1. The Morgan fingerprint density at radius 2 is 1.94 bits per heavy atom. The largest absolute Gasteiger partial charge is 0.294 e. The van der Waals surface area contributed by atoms with E-state index in [-0.39, 0.29) is 12.0 Å². The summed E-state index contributed by atoms with van der Waals surface area (Å²) in [6.07, 6.45) is 1.27. The molecule has 0 aliphatic heterocycles. The van der Waals surface area contributed by atoms with Crippen LogP contribution in [0.3, 0.4) is 0 Å². The summed E-state index contributed by atoms with van der Waals surface area (Å²) in [6, 6.07) is 2.72. The van der Waals surface area contributed by atoms with Gasteiger partial charge in [-0.3, -0.25) is 9.48 Å². The number of benzene rings is 1. The summed E-state index contributed by atoms with van der Waals surface area (Å²) >= 11 is 0. The van der Waals surface area contributed by atoms with Crippen molar-refractivity contribution in [3.05, 3.63) is 47.5 Å². The Morgan fingerprint density at radius 3 is 2.47 bits per heavy atom. The van der Waals surface area contributed by atoms with Gasteiger partial charge in [-0.25, -0.2) is 13.8 Å². The van der Waals surface area contributed by atoms with Crippen LogP contribution in [0.4, 0.5) is 8.78 Å². The van der Waals surface area contributed by atoms with Crippen molar-refractivity contribution in [3.63, 3.8) is 0 Å². The van der Waals surface area contributed by atoms with Crippen molar-refractivity contribution in [2.24, 2.45) is 7.05 Å². The number of Topliss-reactive ketones (excluding diaryl/α,β-unsaturated/α-hetero) is 1. The number of carbonyl (C=O) groups excluding carboxylic acids is 1. The fourth-order valence-corrected chi connectivity index (χ4v) is 1.44. The van der Waals surface area contributed by atoms with E-state index in [2.05, 4.69) is 10.1 Å². The summed E-state index contributed by atoms with van der Waals surface area (Å²) in [5, 5.41) is 3.80. The van der Waals surface area contributed by atoms with E-state index in [9.17, 15) is 13.6 Å². The maximum Gasteiger partial charge on any atom is 0.170 e. The van der Waals surface area contributed by atoms with Gasteiger partial charge in [0.25, 0.3) is 0 Å². The molecule has 0 amide bonds. The number of aromatic nitrogens is 3. The minimum absolute atomic E-state index is 0.00880. The van der Waals surface area contributed by atoms with Crippen molar-refractivity contribution in [2.75, 3.05) is 0 Å². The molecule has 0 N–H and O–H groups in total. The van der Waals surface area contributed by atoms with Crippen LogP contribution >= 0.6 is 0 Å². The Hall–Kier alpha value is -2.11. The number of hydrogen-bond donors (Lipinski definition) is 0. The van der Waals surface area contributed by atoms with E-state index in [1.807, 2.05) is 0 Å². The summed E-state index contributed by atoms with van der Waals surface area (Å²) in [4.78, 5) is 15.6. The lowest BCUT2D eigenvalue weighted by Crippen LogP contribution is -2.09. The predicted molar refractivity (Wildman–Crippen MR) is 55.4 cm³/mol. The minimum atomic E-state index is -0.772. The van der Waals surface area contributed by atoms with Crippen LogP contribution in [0.15, 0.2) is 24.5 Å². The monoisotopic (exact) mass is 237 g/mol. The lowest BCUT2D eigenvalue weighted by molar-refractivity contribution is 0.0988. The zero-order valence-electron chi connectivity index (χ0n) is 9.02. The standard InChI is InChI=1S/C11H9F2N3O/c1-16-11(14-6-15-16)5-10(17)7-2-8(12)4-9(13)3-7/h2-4,6H,5H2,1H3. The van der Waals surface area contributed by atoms with Gasteiger partial charge in [-0.15, -0.1) is 0 Å². The van der Waals surface area contributed by atoms with E-state index in [0.29, 0.717) is 5.82 Å². The number of aryl methyl sites for hydroxylation is 1. The van der Waals surface area contributed by atoms with Gasteiger partial charge in [-0.2, -0.15) is 5.10 Å². The summed E-state index contributed by atoms with van der Waals surface area (Å²) in [5.74, 6) is -1.50. The normalized spacial score (nSPS) is 10.5. The van der Waals surface area contributed by atoms with E-state index in [1.165, 1.54) is 11.0 Å². The predicted octanol–water partition coefficient (Wildman–Crippen LogP) is 1.52.